The van der Waals surface area contributed by atoms with E-state index in [9.17, 15) is 19.2 Å². The number of hydrogen-bond donors (Lipinski definition) is 2. The van der Waals surface area contributed by atoms with Gasteiger partial charge in [0.05, 0.1) is 13.0 Å². The summed E-state index contributed by atoms with van der Waals surface area (Å²) in [4.78, 5) is 49.8. The number of nitrogen functional groups attached to an aromatic ring is 1. The van der Waals surface area contributed by atoms with Crippen molar-refractivity contribution in [1.82, 2.24) is 9.55 Å². The Morgan fingerprint density at radius 1 is 1.21 bits per heavy atom. The first-order chi connectivity index (χ1) is 13.3. The standard InChI is InChI=1S/C19H23N3O6/c1-3-9-22-17(20)16(18(25)21-19(22)26)13(23)11-28-15(24)8-10-27-14-7-5-4-6-12(14)2/h4-7H,3,8-11,20H2,1-2H3,(H,21,25,26). The fourth-order valence-electron chi connectivity index (χ4n) is 2.56. The molecule has 0 aliphatic rings. The number of H-pyrrole nitrogens is 1. The number of carbonyl (C=O) groups is 2. The van der Waals surface area contributed by atoms with Crippen LogP contribution >= 0.6 is 0 Å². The highest BCUT2D eigenvalue weighted by molar-refractivity contribution is 6.01. The Balaban J connectivity index is 1.94. The lowest BCUT2D eigenvalue weighted by molar-refractivity contribution is -0.143. The number of ketones is 1. The zero-order chi connectivity index (χ0) is 20.7. The molecule has 0 atom stereocenters. The van der Waals surface area contributed by atoms with E-state index in [0.29, 0.717) is 12.2 Å². The summed E-state index contributed by atoms with van der Waals surface area (Å²) in [7, 11) is 0. The number of hydrogen-bond acceptors (Lipinski definition) is 7. The van der Waals surface area contributed by atoms with Gasteiger partial charge in [-0.25, -0.2) is 4.79 Å². The van der Waals surface area contributed by atoms with Gasteiger partial charge in [0.15, 0.2) is 6.61 Å². The number of esters is 1. The van der Waals surface area contributed by atoms with Crippen molar-refractivity contribution in [1.29, 1.82) is 0 Å². The highest BCUT2D eigenvalue weighted by atomic mass is 16.5. The number of nitrogens with zero attached hydrogens (tertiary/aromatic N) is 1. The molecule has 0 fully saturated rings. The maximum Gasteiger partial charge on any atom is 0.329 e. The smallest absolute Gasteiger partial charge is 0.329 e. The minimum atomic E-state index is -0.904. The van der Waals surface area contributed by atoms with E-state index >= 15 is 0 Å². The fourth-order valence-corrected chi connectivity index (χ4v) is 2.56. The van der Waals surface area contributed by atoms with Crippen LogP contribution in [0, 0.1) is 6.92 Å². The number of rotatable bonds is 9. The molecule has 0 saturated heterocycles. The summed E-state index contributed by atoms with van der Waals surface area (Å²) >= 11 is 0. The maximum absolute atomic E-state index is 12.3. The second-order valence-corrected chi connectivity index (χ2v) is 6.12. The molecule has 28 heavy (non-hydrogen) atoms. The summed E-state index contributed by atoms with van der Waals surface area (Å²) in [5, 5.41) is 0. The van der Waals surface area contributed by atoms with Crippen molar-refractivity contribution in [2.24, 2.45) is 0 Å². The SMILES string of the molecule is CCCn1c(N)c(C(=O)COC(=O)CCOc2ccccc2C)c(=O)[nH]c1=O. The molecule has 9 heteroatoms. The lowest BCUT2D eigenvalue weighted by atomic mass is 10.2. The van der Waals surface area contributed by atoms with Crippen LogP contribution in [0.4, 0.5) is 5.82 Å². The quantitative estimate of drug-likeness (QED) is 0.483. The van der Waals surface area contributed by atoms with E-state index < -0.39 is 35.2 Å². The zero-order valence-electron chi connectivity index (χ0n) is 15.8. The lowest BCUT2D eigenvalue weighted by Crippen LogP contribution is -2.37. The first-order valence-corrected chi connectivity index (χ1v) is 8.85. The molecule has 0 radical (unpaired) electrons. The Hall–Kier alpha value is -3.36. The molecule has 2 aromatic rings. The van der Waals surface area contributed by atoms with E-state index in [0.717, 1.165) is 10.1 Å². The van der Waals surface area contributed by atoms with Gasteiger partial charge in [0.1, 0.15) is 17.1 Å². The third kappa shape index (κ3) is 5.09. The van der Waals surface area contributed by atoms with E-state index in [1.807, 2.05) is 37.0 Å². The van der Waals surface area contributed by atoms with Gasteiger partial charge in [0.2, 0.25) is 5.78 Å². The number of nitrogens with two attached hydrogens (primary N) is 1. The van der Waals surface area contributed by atoms with Gasteiger partial charge in [-0.3, -0.25) is 23.9 Å². The molecule has 0 saturated carbocycles. The van der Waals surface area contributed by atoms with Gasteiger partial charge in [-0.1, -0.05) is 25.1 Å². The maximum atomic E-state index is 12.3. The van der Waals surface area contributed by atoms with E-state index in [-0.39, 0.29) is 25.4 Å². The number of aryl methyl sites for hydroxylation is 1. The van der Waals surface area contributed by atoms with E-state index in [1.165, 1.54) is 0 Å². The summed E-state index contributed by atoms with van der Waals surface area (Å²) in [6.07, 6.45) is 0.516. The van der Waals surface area contributed by atoms with Crippen LogP contribution in [0.25, 0.3) is 0 Å². The number of nitrogens with one attached hydrogen (secondary N) is 1. The third-order valence-electron chi connectivity index (χ3n) is 3.99. The molecule has 150 valence electrons. The Labute approximate surface area is 161 Å². The zero-order valence-corrected chi connectivity index (χ0v) is 15.8. The molecule has 1 aromatic heterocycles. The minimum absolute atomic E-state index is 0.0667. The average Bonchev–Trinajstić information content (AvgIpc) is 2.65. The molecular formula is C19H23N3O6. The van der Waals surface area contributed by atoms with Crippen LogP contribution in [0.15, 0.2) is 33.9 Å². The molecule has 1 aromatic carbocycles. The Bertz CT molecular complexity index is 976. The number of benzene rings is 1. The van der Waals surface area contributed by atoms with Gasteiger partial charge in [-0.2, -0.15) is 0 Å². The highest BCUT2D eigenvalue weighted by Crippen LogP contribution is 2.16. The van der Waals surface area contributed by atoms with Crippen molar-refractivity contribution in [2.75, 3.05) is 18.9 Å². The van der Waals surface area contributed by atoms with Crippen LogP contribution in [0.1, 0.15) is 35.7 Å². The van der Waals surface area contributed by atoms with Crippen LogP contribution in [0.5, 0.6) is 5.75 Å². The van der Waals surface area contributed by atoms with Crippen LogP contribution < -0.4 is 21.7 Å². The molecule has 0 aliphatic carbocycles. The minimum Gasteiger partial charge on any atom is -0.493 e. The number of Topliss-reactive ketones (excluding diaryl/α,β-unsaturated/α-hetero) is 1. The summed E-state index contributed by atoms with van der Waals surface area (Å²) in [5.74, 6) is -1.01. The van der Waals surface area contributed by atoms with E-state index in [4.69, 9.17) is 15.2 Å². The number of para-hydroxylation sites is 1. The molecular weight excluding hydrogens is 366 g/mol. The summed E-state index contributed by atoms with van der Waals surface area (Å²) in [5.41, 5.74) is 4.75. The second-order valence-electron chi connectivity index (χ2n) is 6.12. The Kier molecular flexibility index (Phi) is 7.14. The number of anilines is 1. The summed E-state index contributed by atoms with van der Waals surface area (Å²) in [6.45, 7) is 3.38. The van der Waals surface area contributed by atoms with Crippen molar-refractivity contribution < 1.29 is 19.1 Å². The molecule has 0 amide bonds. The van der Waals surface area contributed by atoms with Crippen LogP contribution in [-0.2, 0) is 16.1 Å². The molecule has 0 spiro atoms. The molecule has 3 N–H and O–H groups in total. The fraction of sp³-hybridized carbons (Fsp3) is 0.368. The third-order valence-corrected chi connectivity index (χ3v) is 3.99. The van der Waals surface area contributed by atoms with Crippen LogP contribution in [0.2, 0.25) is 0 Å². The largest absolute Gasteiger partial charge is 0.493 e. The normalized spacial score (nSPS) is 10.5. The second kappa shape index (κ2) is 9.54. The monoisotopic (exact) mass is 389 g/mol. The van der Waals surface area contributed by atoms with E-state index in [2.05, 4.69) is 0 Å². The Morgan fingerprint density at radius 3 is 2.61 bits per heavy atom. The number of ether oxygens (including phenoxy) is 2. The van der Waals surface area contributed by atoms with Gasteiger partial charge in [0, 0.05) is 6.54 Å². The number of carbonyl (C=O) groups excluding carboxylic acids is 2. The Morgan fingerprint density at radius 2 is 1.93 bits per heavy atom. The predicted molar refractivity (Wildman–Crippen MR) is 103 cm³/mol. The summed E-state index contributed by atoms with van der Waals surface area (Å²) < 4.78 is 11.5. The van der Waals surface area contributed by atoms with Gasteiger partial charge >= 0.3 is 11.7 Å². The molecule has 2 rings (SSSR count). The van der Waals surface area contributed by atoms with E-state index in [1.54, 1.807) is 6.07 Å². The van der Waals surface area contributed by atoms with Crippen molar-refractivity contribution >= 4 is 17.6 Å². The predicted octanol–water partition coefficient (Wildman–Crippen LogP) is 1.03. The van der Waals surface area contributed by atoms with Crippen molar-refractivity contribution in [3.8, 4) is 5.75 Å². The molecule has 0 aliphatic heterocycles. The molecule has 9 nitrogen and oxygen atoms in total. The topological polar surface area (TPSA) is 133 Å². The van der Waals surface area contributed by atoms with Crippen LogP contribution in [-0.4, -0.2) is 34.5 Å². The lowest BCUT2D eigenvalue weighted by Gasteiger charge is -2.11. The molecule has 1 heterocycles. The van der Waals surface area contributed by atoms with Gasteiger partial charge in [-0.05, 0) is 25.0 Å². The van der Waals surface area contributed by atoms with Crippen molar-refractivity contribution in [3.05, 3.63) is 56.2 Å². The first-order valence-electron chi connectivity index (χ1n) is 8.85. The van der Waals surface area contributed by atoms with Gasteiger partial charge < -0.3 is 15.2 Å². The number of aromatic amines is 1. The first kappa shape index (κ1) is 20.9. The van der Waals surface area contributed by atoms with Gasteiger partial charge in [0.25, 0.3) is 5.56 Å². The van der Waals surface area contributed by atoms with Crippen molar-refractivity contribution in [2.45, 2.75) is 33.2 Å². The van der Waals surface area contributed by atoms with Crippen molar-refractivity contribution in [3.63, 3.8) is 0 Å². The van der Waals surface area contributed by atoms with Crippen LogP contribution in [0.3, 0.4) is 0 Å². The molecule has 0 bridgehead atoms. The average molecular weight is 389 g/mol. The summed E-state index contributed by atoms with van der Waals surface area (Å²) in [6, 6.07) is 7.36. The van der Waals surface area contributed by atoms with Gasteiger partial charge in [-0.15, -0.1) is 0 Å². The highest BCUT2D eigenvalue weighted by Gasteiger charge is 2.20. The molecule has 0 unspecified atom stereocenters. The number of aromatic nitrogens is 2.